The van der Waals surface area contributed by atoms with Gasteiger partial charge in [-0.05, 0) is 107 Å². The highest BCUT2D eigenvalue weighted by atomic mass is 32.2. The zero-order valence-corrected chi connectivity index (χ0v) is 32.0. The van der Waals surface area contributed by atoms with Crippen LogP contribution in [0, 0.1) is 57.7 Å². The summed E-state index contributed by atoms with van der Waals surface area (Å²) in [6.07, 6.45) is 4.80. The van der Waals surface area contributed by atoms with Crippen molar-refractivity contribution in [2.45, 2.75) is 123 Å². The molecule has 5 aliphatic rings. The highest BCUT2D eigenvalue weighted by Crippen LogP contribution is 2.88. The number of esters is 1. The summed E-state index contributed by atoms with van der Waals surface area (Å²) in [5.41, 5.74) is -1.13. The number of hydrogen-bond donors (Lipinski definition) is 1. The van der Waals surface area contributed by atoms with Gasteiger partial charge in [-0.1, -0.05) is 52.3 Å². The number of aryl methyl sites for hydroxylation is 1. The number of hydrogen-bond acceptors (Lipinski definition) is 8. The van der Waals surface area contributed by atoms with Crippen LogP contribution in [0.3, 0.4) is 0 Å². The summed E-state index contributed by atoms with van der Waals surface area (Å²) < 4.78 is 39.1. The van der Waals surface area contributed by atoms with E-state index in [9.17, 15) is 22.8 Å². The molecular formula is C39H58N2O7S. The van der Waals surface area contributed by atoms with E-state index in [4.69, 9.17) is 8.92 Å². The second-order valence-corrected chi connectivity index (χ2v) is 19.4. The van der Waals surface area contributed by atoms with Crippen LogP contribution in [0.15, 0.2) is 29.2 Å². The quantitative estimate of drug-likeness (QED) is 0.249. The SMILES string of the molecule is CC(=O)O[C@@H]1C[C@@]2(C)[C@@H]3CC[C@@H]4C5(CC[C@H](NC(=O)C(C)C)[C@@]4(C)COS(=O)(=O)c4ccc(C)cc4)CC35C(=O)C[C@]2(C)[C@H]1[C@H](C)N(C)C. The third-order valence-corrected chi connectivity index (χ3v) is 16.3. The number of carbonyl (C=O) groups is 3. The number of benzene rings is 1. The van der Waals surface area contributed by atoms with Crippen molar-refractivity contribution >= 4 is 27.8 Å². The van der Waals surface area contributed by atoms with E-state index in [0.29, 0.717) is 18.6 Å². The van der Waals surface area contributed by atoms with E-state index in [1.54, 1.807) is 24.3 Å². The van der Waals surface area contributed by atoms with Crippen molar-refractivity contribution in [3.05, 3.63) is 29.8 Å². The van der Waals surface area contributed by atoms with E-state index in [2.05, 4.69) is 52.0 Å². The van der Waals surface area contributed by atoms with Crippen LogP contribution in [0.5, 0.6) is 0 Å². The Hall–Kier alpha value is -2.30. The van der Waals surface area contributed by atoms with Gasteiger partial charge in [0.1, 0.15) is 11.9 Å². The number of fused-ring (bicyclic) bond motifs is 2. The van der Waals surface area contributed by atoms with Crippen LogP contribution in [-0.2, 0) is 33.4 Å². The van der Waals surface area contributed by atoms with E-state index in [0.717, 1.165) is 37.7 Å². The van der Waals surface area contributed by atoms with Crippen molar-refractivity contribution in [1.29, 1.82) is 0 Å². The second kappa shape index (κ2) is 11.9. The fraction of sp³-hybridized carbons (Fsp3) is 0.769. The lowest BCUT2D eigenvalue weighted by Crippen LogP contribution is -2.64. The molecule has 0 aliphatic heterocycles. The minimum absolute atomic E-state index is 0.00486. The van der Waals surface area contributed by atoms with Crippen LogP contribution >= 0.6 is 0 Å². The molecule has 272 valence electrons. The average molecular weight is 699 g/mol. The van der Waals surface area contributed by atoms with Gasteiger partial charge in [0.15, 0.2) is 0 Å². The van der Waals surface area contributed by atoms with Crippen molar-refractivity contribution in [2.24, 2.45) is 50.7 Å². The van der Waals surface area contributed by atoms with Crippen molar-refractivity contribution in [2.75, 3.05) is 20.7 Å². The van der Waals surface area contributed by atoms with E-state index >= 15 is 0 Å². The molecule has 0 heterocycles. The molecule has 10 heteroatoms. The minimum Gasteiger partial charge on any atom is -0.462 e. The molecule has 6 rings (SSSR count). The predicted molar refractivity (Wildman–Crippen MR) is 187 cm³/mol. The van der Waals surface area contributed by atoms with E-state index in [1.165, 1.54) is 6.92 Å². The first-order valence-electron chi connectivity index (χ1n) is 18.3. The molecule has 1 aromatic carbocycles. The molecule has 5 aliphatic carbocycles. The molecule has 1 amide bonds. The van der Waals surface area contributed by atoms with Gasteiger partial charge in [0, 0.05) is 48.1 Å². The highest BCUT2D eigenvalue weighted by molar-refractivity contribution is 7.86. The Morgan fingerprint density at radius 3 is 2.22 bits per heavy atom. The van der Waals surface area contributed by atoms with Crippen molar-refractivity contribution < 1.29 is 31.7 Å². The molecule has 1 aromatic rings. The van der Waals surface area contributed by atoms with Gasteiger partial charge in [-0.25, -0.2) is 0 Å². The Morgan fingerprint density at radius 2 is 1.63 bits per heavy atom. The number of nitrogens with one attached hydrogen (secondary N) is 1. The number of nitrogens with zero attached hydrogens (tertiary/aromatic N) is 1. The first kappa shape index (κ1) is 36.5. The summed E-state index contributed by atoms with van der Waals surface area (Å²) in [7, 11) is 0.0566. The van der Waals surface area contributed by atoms with Crippen LogP contribution in [0.2, 0.25) is 0 Å². The van der Waals surface area contributed by atoms with E-state index < -0.39 is 20.9 Å². The Balaban J connectivity index is 1.37. The molecule has 0 saturated heterocycles. The minimum atomic E-state index is -4.05. The van der Waals surface area contributed by atoms with Crippen molar-refractivity contribution in [1.82, 2.24) is 10.2 Å². The lowest BCUT2D eigenvalue weighted by molar-refractivity contribution is -0.173. The Bertz CT molecular complexity index is 1630. The zero-order valence-electron chi connectivity index (χ0n) is 31.2. The summed E-state index contributed by atoms with van der Waals surface area (Å²) in [6.45, 7) is 16.0. The number of amides is 1. The van der Waals surface area contributed by atoms with Gasteiger partial charge in [0.05, 0.1) is 11.5 Å². The predicted octanol–water partition coefficient (Wildman–Crippen LogP) is 5.93. The number of ketones is 1. The van der Waals surface area contributed by atoms with Crippen LogP contribution in [0.4, 0.5) is 0 Å². The number of rotatable bonds is 9. The second-order valence-electron chi connectivity index (χ2n) is 17.8. The smallest absolute Gasteiger partial charge is 0.302 e. The summed E-state index contributed by atoms with van der Waals surface area (Å²) in [5, 5.41) is 3.29. The third-order valence-electron chi connectivity index (χ3n) is 15.0. The maximum absolute atomic E-state index is 15.0. The highest BCUT2D eigenvalue weighted by Gasteiger charge is 2.86. The molecule has 5 saturated carbocycles. The number of ether oxygens (including phenoxy) is 1. The third kappa shape index (κ3) is 5.19. The molecule has 5 fully saturated rings. The summed E-state index contributed by atoms with van der Waals surface area (Å²) in [5.74, 6) is -0.105. The lowest BCUT2D eigenvalue weighted by atomic mass is 9.41. The Morgan fingerprint density at radius 1 is 1.00 bits per heavy atom. The molecule has 2 spiro atoms. The first-order valence-corrected chi connectivity index (χ1v) is 19.7. The molecule has 0 bridgehead atoms. The van der Waals surface area contributed by atoms with Gasteiger partial charge in [-0.15, -0.1) is 0 Å². The van der Waals surface area contributed by atoms with Gasteiger partial charge in [-0.3, -0.25) is 18.6 Å². The average Bonchev–Trinajstić information content (AvgIpc) is 3.65. The first-order chi connectivity index (χ1) is 22.7. The van der Waals surface area contributed by atoms with Crippen LogP contribution in [-0.4, -0.2) is 69.9 Å². The molecule has 9 nitrogen and oxygen atoms in total. The maximum Gasteiger partial charge on any atom is 0.302 e. The standard InChI is InChI=1S/C39H58N2O7S/c1-23(2)34(44)40-31-17-18-38-21-39(38)30(16-15-29(38)35(31,6)22-47-49(45,46)27-13-11-24(3)12-14-27)36(7)19-28(48-26(5)42)33(25(4)41(9)10)37(36,8)20-32(39)43/h11-14,23,25,28-31,33H,15-22H2,1-10H3,(H,40,44)/t25-,28+,29-,30-,31-,33-,35-,36-,37+,38?,39?/m0/s1. The molecule has 49 heavy (non-hydrogen) atoms. The fourth-order valence-corrected chi connectivity index (χ4v) is 13.2. The molecule has 0 aromatic heterocycles. The maximum atomic E-state index is 15.0. The summed E-state index contributed by atoms with van der Waals surface area (Å²) in [6, 6.07) is 6.49. The van der Waals surface area contributed by atoms with Gasteiger partial charge in [-0.2, -0.15) is 8.42 Å². The molecule has 1 N–H and O–H groups in total. The Kier molecular flexibility index (Phi) is 8.84. The van der Waals surface area contributed by atoms with Gasteiger partial charge >= 0.3 is 5.97 Å². The monoisotopic (exact) mass is 698 g/mol. The van der Waals surface area contributed by atoms with Crippen molar-refractivity contribution in [3.8, 4) is 0 Å². The molecule has 0 radical (unpaired) electrons. The normalized spacial score (nSPS) is 41.7. The molecular weight excluding hydrogens is 641 g/mol. The fourth-order valence-electron chi connectivity index (χ4n) is 12.2. The largest absolute Gasteiger partial charge is 0.462 e. The van der Waals surface area contributed by atoms with Crippen LogP contribution in [0.1, 0.15) is 99.0 Å². The lowest BCUT2D eigenvalue weighted by Gasteiger charge is -2.63. The van der Waals surface area contributed by atoms with E-state index in [1.807, 2.05) is 20.8 Å². The van der Waals surface area contributed by atoms with Gasteiger partial charge in [0.25, 0.3) is 10.1 Å². The summed E-state index contributed by atoms with van der Waals surface area (Å²) >= 11 is 0. The van der Waals surface area contributed by atoms with Gasteiger partial charge in [0.2, 0.25) is 5.91 Å². The van der Waals surface area contributed by atoms with E-state index in [-0.39, 0.29) is 81.5 Å². The van der Waals surface area contributed by atoms with Crippen LogP contribution < -0.4 is 5.32 Å². The Labute approximate surface area is 293 Å². The van der Waals surface area contributed by atoms with Crippen molar-refractivity contribution in [3.63, 3.8) is 0 Å². The van der Waals surface area contributed by atoms with Crippen LogP contribution in [0.25, 0.3) is 0 Å². The topological polar surface area (TPSA) is 119 Å². The zero-order chi connectivity index (χ0) is 36.1. The van der Waals surface area contributed by atoms with Gasteiger partial charge < -0.3 is 15.0 Å². The number of Topliss-reactive ketones (excluding diaryl/α,β-unsaturated/α-hetero) is 1. The summed E-state index contributed by atoms with van der Waals surface area (Å²) in [4.78, 5) is 42.9. The number of carbonyl (C=O) groups excluding carboxylic acids is 3. The molecule has 11 atom stereocenters. The molecule has 2 unspecified atom stereocenters.